The molecular formula is C22H26F6N2O3. The number of hydrogen-bond donors (Lipinski definition) is 1. The molecule has 0 radical (unpaired) electrons. The van der Waals surface area contributed by atoms with Crippen molar-refractivity contribution in [1.82, 2.24) is 10.2 Å². The Morgan fingerprint density at radius 2 is 1.67 bits per heavy atom. The molecule has 33 heavy (non-hydrogen) atoms. The van der Waals surface area contributed by atoms with Gasteiger partial charge >= 0.3 is 12.4 Å². The lowest BCUT2D eigenvalue weighted by molar-refractivity contribution is -0.143. The zero-order chi connectivity index (χ0) is 24.0. The Kier molecular flexibility index (Phi) is 6.67. The van der Waals surface area contributed by atoms with Crippen molar-refractivity contribution in [3.8, 4) is 0 Å². The monoisotopic (exact) mass is 480 g/mol. The fourth-order valence-electron chi connectivity index (χ4n) is 4.95. The maximum atomic E-state index is 13.2. The topological polar surface area (TPSA) is 50.8 Å². The molecule has 3 aliphatic rings. The lowest BCUT2D eigenvalue weighted by Crippen LogP contribution is -2.46. The summed E-state index contributed by atoms with van der Waals surface area (Å²) >= 11 is 0. The number of hydrogen-bond acceptors (Lipinski definition) is 4. The largest absolute Gasteiger partial charge is 0.416 e. The molecule has 3 aliphatic heterocycles. The molecule has 1 unspecified atom stereocenters. The molecule has 11 heteroatoms. The Bertz CT molecular complexity index is 836. The summed E-state index contributed by atoms with van der Waals surface area (Å²) in [7, 11) is 0. The van der Waals surface area contributed by atoms with E-state index in [1.807, 2.05) is 0 Å². The second-order valence-corrected chi connectivity index (χ2v) is 8.95. The highest BCUT2D eigenvalue weighted by Gasteiger charge is 2.47. The minimum Gasteiger partial charge on any atom is -0.381 e. The minimum atomic E-state index is -4.92. The predicted octanol–water partition coefficient (Wildman–Crippen LogP) is 4.31. The van der Waals surface area contributed by atoms with Crippen molar-refractivity contribution in [2.45, 2.75) is 75.3 Å². The van der Waals surface area contributed by atoms with Crippen LogP contribution in [0.3, 0.4) is 0 Å². The maximum absolute atomic E-state index is 13.2. The fourth-order valence-corrected chi connectivity index (χ4v) is 4.95. The average Bonchev–Trinajstić information content (AvgIpc) is 3.27. The molecule has 1 N–H and O–H groups in total. The van der Waals surface area contributed by atoms with Crippen molar-refractivity contribution in [2.75, 3.05) is 19.8 Å². The van der Waals surface area contributed by atoms with Crippen LogP contribution >= 0.6 is 0 Å². The molecule has 1 amide bonds. The van der Waals surface area contributed by atoms with Crippen LogP contribution in [0.5, 0.6) is 0 Å². The van der Waals surface area contributed by atoms with Gasteiger partial charge in [0.1, 0.15) is 0 Å². The van der Waals surface area contributed by atoms with Crippen molar-refractivity contribution in [3.63, 3.8) is 0 Å². The quantitative estimate of drug-likeness (QED) is 0.639. The molecule has 4 rings (SSSR count). The summed E-state index contributed by atoms with van der Waals surface area (Å²) < 4.78 is 90.3. The summed E-state index contributed by atoms with van der Waals surface area (Å²) in [5.74, 6) is -0.0262. The molecule has 1 aromatic rings. The van der Waals surface area contributed by atoms with Crippen LogP contribution in [-0.2, 0) is 26.6 Å². The Morgan fingerprint density at radius 1 is 1.06 bits per heavy atom. The first-order valence-corrected chi connectivity index (χ1v) is 11.0. The van der Waals surface area contributed by atoms with Crippen LogP contribution in [0.25, 0.3) is 0 Å². The number of rotatable bonds is 5. The highest BCUT2D eigenvalue weighted by molar-refractivity contribution is 5.80. The SMILES string of the molecule is C[C@@H](O[C@@H]1C[C@@H]2C(NC3CCOCC3)CC(=O)N2C1)c1cc(C(F)(F)F)cc(C(F)(F)F)c1. The number of benzene rings is 1. The number of amides is 1. The van der Waals surface area contributed by atoms with E-state index < -0.39 is 35.7 Å². The number of halogens is 6. The average molecular weight is 480 g/mol. The van der Waals surface area contributed by atoms with E-state index in [1.54, 1.807) is 4.90 Å². The van der Waals surface area contributed by atoms with Crippen LogP contribution in [0.15, 0.2) is 18.2 Å². The second kappa shape index (κ2) is 9.07. The Labute approximate surface area is 187 Å². The molecule has 3 saturated heterocycles. The van der Waals surface area contributed by atoms with E-state index in [0.29, 0.717) is 38.2 Å². The van der Waals surface area contributed by atoms with Gasteiger partial charge in [0.05, 0.1) is 29.4 Å². The zero-order valence-electron chi connectivity index (χ0n) is 18.0. The first-order valence-electron chi connectivity index (χ1n) is 11.0. The molecule has 1 aromatic carbocycles. The number of nitrogens with one attached hydrogen (secondary N) is 1. The number of fused-ring (bicyclic) bond motifs is 1. The third-order valence-electron chi connectivity index (χ3n) is 6.63. The lowest BCUT2D eigenvalue weighted by atomic mass is 10.0. The number of nitrogens with zero attached hydrogens (tertiary/aromatic N) is 1. The second-order valence-electron chi connectivity index (χ2n) is 8.95. The van der Waals surface area contributed by atoms with E-state index in [9.17, 15) is 31.1 Å². The third kappa shape index (κ3) is 5.46. The standard InChI is InChI=1S/C22H26F6N2O3/c1-12(13-6-14(21(23,24)25)8-15(7-13)22(26,27)28)33-17-9-19-18(10-20(31)30(19)11-17)29-16-2-4-32-5-3-16/h6-8,12,16-19,29H,2-5,9-11H2,1H3/t12-,17-,18?,19-/m1/s1. The van der Waals surface area contributed by atoms with Crippen molar-refractivity contribution in [3.05, 3.63) is 34.9 Å². The normalized spacial score (nSPS) is 27.8. The summed E-state index contributed by atoms with van der Waals surface area (Å²) in [6, 6.07) is 1.57. The molecule has 0 bridgehead atoms. The smallest absolute Gasteiger partial charge is 0.381 e. The molecule has 3 fully saturated rings. The highest BCUT2D eigenvalue weighted by atomic mass is 19.4. The first-order chi connectivity index (χ1) is 15.4. The lowest BCUT2D eigenvalue weighted by Gasteiger charge is -2.29. The van der Waals surface area contributed by atoms with Gasteiger partial charge in [-0.2, -0.15) is 26.3 Å². The van der Waals surface area contributed by atoms with Crippen LogP contribution in [0.2, 0.25) is 0 Å². The van der Waals surface area contributed by atoms with Gasteiger partial charge in [0.15, 0.2) is 0 Å². The summed E-state index contributed by atoms with van der Waals surface area (Å²) in [6.07, 6.45) is -8.76. The molecule has 184 valence electrons. The number of alkyl halides is 6. The highest BCUT2D eigenvalue weighted by Crippen LogP contribution is 2.39. The van der Waals surface area contributed by atoms with Gasteiger partial charge in [-0.25, -0.2) is 0 Å². The van der Waals surface area contributed by atoms with E-state index >= 15 is 0 Å². The van der Waals surface area contributed by atoms with E-state index in [2.05, 4.69) is 5.32 Å². The number of carbonyl (C=O) groups is 1. The van der Waals surface area contributed by atoms with E-state index in [4.69, 9.17) is 9.47 Å². The van der Waals surface area contributed by atoms with Gasteiger partial charge in [-0.3, -0.25) is 4.79 Å². The van der Waals surface area contributed by atoms with Crippen LogP contribution in [0.4, 0.5) is 26.3 Å². The summed E-state index contributed by atoms with van der Waals surface area (Å²) in [5.41, 5.74) is -2.94. The Morgan fingerprint density at radius 3 is 2.24 bits per heavy atom. The predicted molar refractivity (Wildman–Crippen MR) is 105 cm³/mol. The van der Waals surface area contributed by atoms with E-state index in [0.717, 1.165) is 12.8 Å². The van der Waals surface area contributed by atoms with Gasteiger partial charge in [-0.05, 0) is 49.9 Å². The van der Waals surface area contributed by atoms with E-state index in [-0.39, 0.29) is 42.2 Å². The third-order valence-corrected chi connectivity index (χ3v) is 6.63. The Hall–Kier alpha value is -1.85. The molecule has 0 aromatic heterocycles. The van der Waals surface area contributed by atoms with Gasteiger partial charge in [-0.15, -0.1) is 0 Å². The van der Waals surface area contributed by atoms with Crippen LogP contribution < -0.4 is 5.32 Å². The van der Waals surface area contributed by atoms with Crippen molar-refractivity contribution in [2.24, 2.45) is 0 Å². The number of carbonyl (C=O) groups excluding carboxylic acids is 1. The van der Waals surface area contributed by atoms with E-state index in [1.165, 1.54) is 6.92 Å². The van der Waals surface area contributed by atoms with Crippen molar-refractivity contribution >= 4 is 5.91 Å². The number of ether oxygens (including phenoxy) is 2. The van der Waals surface area contributed by atoms with Gasteiger partial charge in [0, 0.05) is 38.3 Å². The summed E-state index contributed by atoms with van der Waals surface area (Å²) in [4.78, 5) is 14.2. The first kappa shape index (κ1) is 24.3. The maximum Gasteiger partial charge on any atom is 0.416 e. The van der Waals surface area contributed by atoms with Crippen molar-refractivity contribution < 1.29 is 40.6 Å². The molecule has 4 atom stereocenters. The molecule has 3 heterocycles. The molecular weight excluding hydrogens is 454 g/mol. The van der Waals surface area contributed by atoms with Crippen molar-refractivity contribution in [1.29, 1.82) is 0 Å². The molecule has 0 saturated carbocycles. The molecule has 5 nitrogen and oxygen atoms in total. The molecule has 0 spiro atoms. The minimum absolute atomic E-state index is 0.0262. The summed E-state index contributed by atoms with van der Waals surface area (Å²) in [5, 5.41) is 3.53. The van der Waals surface area contributed by atoms with Gasteiger partial charge < -0.3 is 19.7 Å². The van der Waals surface area contributed by atoms with Crippen LogP contribution in [-0.4, -0.2) is 54.8 Å². The van der Waals surface area contributed by atoms with Crippen LogP contribution in [0.1, 0.15) is 55.4 Å². The molecule has 0 aliphatic carbocycles. The summed E-state index contributed by atoms with van der Waals surface area (Å²) in [6.45, 7) is 3.02. The van der Waals surface area contributed by atoms with Gasteiger partial charge in [-0.1, -0.05) is 0 Å². The van der Waals surface area contributed by atoms with Gasteiger partial charge in [0.2, 0.25) is 5.91 Å². The van der Waals surface area contributed by atoms with Crippen LogP contribution in [0, 0.1) is 0 Å². The Balaban J connectivity index is 1.45. The fraction of sp³-hybridized carbons (Fsp3) is 0.682. The zero-order valence-corrected chi connectivity index (χ0v) is 18.0. The van der Waals surface area contributed by atoms with Gasteiger partial charge in [0.25, 0.3) is 0 Å².